The molecule has 0 bridgehead atoms. The monoisotopic (exact) mass is 390 g/mol. The molecule has 0 aliphatic heterocycles. The van der Waals surface area contributed by atoms with Crippen molar-refractivity contribution in [1.29, 1.82) is 0 Å². The third-order valence-corrected chi connectivity index (χ3v) is 5.12. The minimum atomic E-state index is -0.808. The largest absolute Gasteiger partial charge is 0.480 e. The Morgan fingerprint density at radius 2 is 1.86 bits per heavy atom. The number of likely N-dealkylation sites (N-methyl/N-ethyl adjacent to an activating group) is 2. The molecule has 7 nitrogen and oxygen atoms in total. The van der Waals surface area contributed by atoms with Crippen molar-refractivity contribution in [3.8, 4) is 0 Å². The maximum absolute atomic E-state index is 12.4. The molecule has 1 aliphatic rings. The number of carboxylic acid groups (broad SMARTS) is 1. The molecule has 1 aromatic carbocycles. The van der Waals surface area contributed by atoms with Crippen LogP contribution in [-0.2, 0) is 11.3 Å². The van der Waals surface area contributed by atoms with E-state index in [-0.39, 0.29) is 30.2 Å². The summed E-state index contributed by atoms with van der Waals surface area (Å²) in [5.74, 6) is -0.808. The average molecular weight is 391 g/mol. The molecular weight excluding hydrogens is 356 g/mol. The zero-order valence-corrected chi connectivity index (χ0v) is 17.4. The van der Waals surface area contributed by atoms with Gasteiger partial charge in [0.2, 0.25) is 0 Å². The number of carbonyl (C=O) groups excluding carboxylic acids is 1. The Bertz CT molecular complexity index is 644. The van der Waals surface area contributed by atoms with Crippen molar-refractivity contribution in [3.05, 3.63) is 35.9 Å². The first-order chi connectivity index (χ1) is 13.2. The maximum Gasteiger partial charge on any atom is 0.317 e. The number of amides is 2. The number of hydrogen-bond donors (Lipinski definition) is 3. The summed E-state index contributed by atoms with van der Waals surface area (Å²) in [6, 6.07) is 10.4. The Hall–Kier alpha value is -2.12. The molecule has 0 spiro atoms. The highest BCUT2D eigenvalue weighted by Gasteiger charge is 2.35. The number of aliphatic carboxylic acids is 1. The van der Waals surface area contributed by atoms with Crippen LogP contribution in [0.25, 0.3) is 0 Å². The summed E-state index contributed by atoms with van der Waals surface area (Å²) in [7, 11) is 2.05. The molecule has 0 unspecified atom stereocenters. The summed E-state index contributed by atoms with van der Waals surface area (Å²) in [5, 5.41) is 15.0. The maximum atomic E-state index is 12.4. The van der Waals surface area contributed by atoms with E-state index in [2.05, 4.69) is 27.7 Å². The van der Waals surface area contributed by atoms with Crippen LogP contribution in [0.2, 0.25) is 0 Å². The van der Waals surface area contributed by atoms with E-state index in [4.69, 9.17) is 5.11 Å². The van der Waals surface area contributed by atoms with E-state index < -0.39 is 5.97 Å². The Morgan fingerprint density at radius 3 is 2.43 bits per heavy atom. The minimum absolute atomic E-state index is 0.0564. The Balaban J connectivity index is 1.72. The molecule has 1 aromatic rings. The van der Waals surface area contributed by atoms with Crippen LogP contribution in [0, 0.1) is 0 Å². The summed E-state index contributed by atoms with van der Waals surface area (Å²) in [5.41, 5.74) is 0.878. The molecule has 28 heavy (non-hydrogen) atoms. The van der Waals surface area contributed by atoms with Gasteiger partial charge in [0.1, 0.15) is 0 Å². The first kappa shape index (κ1) is 22.2. The first-order valence-electron chi connectivity index (χ1n) is 9.95. The zero-order chi connectivity index (χ0) is 20.7. The van der Waals surface area contributed by atoms with E-state index in [1.165, 1.54) is 5.56 Å². The fourth-order valence-electron chi connectivity index (χ4n) is 3.87. The number of hydrogen-bond acceptors (Lipinski definition) is 4. The molecule has 0 atom stereocenters. The fraction of sp³-hybridized carbons (Fsp3) is 0.619. The van der Waals surface area contributed by atoms with Crippen LogP contribution in [0.15, 0.2) is 30.3 Å². The third-order valence-electron chi connectivity index (χ3n) is 5.12. The molecule has 1 aliphatic carbocycles. The lowest BCUT2D eigenvalue weighted by molar-refractivity contribution is -0.139. The third kappa shape index (κ3) is 7.13. The van der Waals surface area contributed by atoms with E-state index in [1.54, 1.807) is 0 Å². The Kier molecular flexibility index (Phi) is 7.83. The molecule has 1 saturated carbocycles. The van der Waals surface area contributed by atoms with E-state index in [0.717, 1.165) is 25.9 Å². The summed E-state index contributed by atoms with van der Waals surface area (Å²) >= 11 is 0. The first-order valence-corrected chi connectivity index (χ1v) is 9.95. The van der Waals surface area contributed by atoms with Gasteiger partial charge < -0.3 is 15.7 Å². The van der Waals surface area contributed by atoms with Crippen molar-refractivity contribution in [3.63, 3.8) is 0 Å². The van der Waals surface area contributed by atoms with Gasteiger partial charge >= 0.3 is 12.0 Å². The van der Waals surface area contributed by atoms with Gasteiger partial charge in [-0.2, -0.15) is 0 Å². The predicted octanol–water partition coefficient (Wildman–Crippen LogP) is 2.13. The molecule has 0 saturated heterocycles. The van der Waals surface area contributed by atoms with Gasteiger partial charge in [-0.15, -0.1) is 0 Å². The number of nitrogens with one attached hydrogen (secondary N) is 2. The summed E-state index contributed by atoms with van der Waals surface area (Å²) in [6.45, 7) is 8.31. The van der Waals surface area contributed by atoms with Gasteiger partial charge in [0, 0.05) is 30.7 Å². The minimum Gasteiger partial charge on any atom is -0.480 e. The number of rotatable bonds is 10. The summed E-state index contributed by atoms with van der Waals surface area (Å²) < 4.78 is 0. The topological polar surface area (TPSA) is 84.9 Å². The molecule has 156 valence electrons. The SMILES string of the molecule is CCN(CC(=O)O)C1CC(NC(=O)NC(C)(C)CN(C)Cc2ccccc2)C1. The van der Waals surface area contributed by atoms with E-state index in [9.17, 15) is 9.59 Å². The number of benzene rings is 1. The molecule has 2 rings (SSSR count). The lowest BCUT2D eigenvalue weighted by Crippen LogP contribution is -2.59. The molecule has 7 heteroatoms. The number of nitrogens with zero attached hydrogens (tertiary/aromatic N) is 2. The van der Waals surface area contributed by atoms with E-state index in [1.807, 2.05) is 50.9 Å². The van der Waals surface area contributed by atoms with E-state index in [0.29, 0.717) is 6.54 Å². The summed E-state index contributed by atoms with van der Waals surface area (Å²) in [6.07, 6.45) is 1.59. The van der Waals surface area contributed by atoms with Gasteiger partial charge in [0.25, 0.3) is 0 Å². The van der Waals surface area contributed by atoms with Crippen molar-refractivity contribution in [2.45, 2.75) is 57.8 Å². The second kappa shape index (κ2) is 9.89. The van der Waals surface area contributed by atoms with Gasteiger partial charge in [-0.3, -0.25) is 14.6 Å². The summed E-state index contributed by atoms with van der Waals surface area (Å²) in [4.78, 5) is 27.4. The second-order valence-electron chi connectivity index (χ2n) is 8.42. The second-order valence-corrected chi connectivity index (χ2v) is 8.42. The van der Waals surface area contributed by atoms with Crippen LogP contribution >= 0.6 is 0 Å². The molecule has 3 N–H and O–H groups in total. The highest BCUT2D eigenvalue weighted by atomic mass is 16.4. The van der Waals surface area contributed by atoms with Crippen LogP contribution in [0.4, 0.5) is 4.79 Å². The van der Waals surface area contributed by atoms with Gasteiger partial charge in [-0.1, -0.05) is 37.3 Å². The Labute approximate surface area is 168 Å². The normalized spacial score (nSPS) is 19.4. The average Bonchev–Trinajstić information content (AvgIpc) is 2.55. The van der Waals surface area contributed by atoms with Gasteiger partial charge in [0.05, 0.1) is 6.54 Å². The molecule has 0 aromatic heterocycles. The van der Waals surface area contributed by atoms with Crippen LogP contribution in [0.1, 0.15) is 39.2 Å². The fourth-order valence-corrected chi connectivity index (χ4v) is 3.87. The molecule has 1 fully saturated rings. The van der Waals surface area contributed by atoms with Gasteiger partial charge in [-0.25, -0.2) is 4.79 Å². The van der Waals surface area contributed by atoms with Crippen molar-refractivity contribution in [2.75, 3.05) is 26.7 Å². The quantitative estimate of drug-likeness (QED) is 0.570. The highest BCUT2D eigenvalue weighted by molar-refractivity contribution is 5.75. The smallest absolute Gasteiger partial charge is 0.317 e. The highest BCUT2D eigenvalue weighted by Crippen LogP contribution is 2.25. The molecule has 0 radical (unpaired) electrons. The standard InChI is InChI=1S/C21H34N4O3/c1-5-25(14-19(26)27)18-11-17(12-18)22-20(28)23-21(2,3)15-24(4)13-16-9-7-6-8-10-16/h6-10,17-18H,5,11-15H2,1-4H3,(H,26,27)(H2,22,23,28). The number of carbonyl (C=O) groups is 2. The van der Waals surface area contributed by atoms with Crippen molar-refractivity contribution < 1.29 is 14.7 Å². The molecule has 0 heterocycles. The number of carboxylic acids is 1. The lowest BCUT2D eigenvalue weighted by atomic mass is 9.85. The van der Waals surface area contributed by atoms with Crippen molar-refractivity contribution >= 4 is 12.0 Å². The van der Waals surface area contributed by atoms with E-state index >= 15 is 0 Å². The molecule has 2 amide bonds. The number of urea groups is 1. The van der Waals surface area contributed by atoms with Crippen LogP contribution < -0.4 is 10.6 Å². The van der Waals surface area contributed by atoms with Crippen LogP contribution in [0.3, 0.4) is 0 Å². The zero-order valence-electron chi connectivity index (χ0n) is 17.4. The predicted molar refractivity (Wildman–Crippen MR) is 110 cm³/mol. The van der Waals surface area contributed by atoms with Crippen LogP contribution in [0.5, 0.6) is 0 Å². The van der Waals surface area contributed by atoms with Crippen molar-refractivity contribution in [1.82, 2.24) is 20.4 Å². The van der Waals surface area contributed by atoms with Crippen LogP contribution in [-0.4, -0.2) is 71.2 Å². The molecular formula is C21H34N4O3. The van der Waals surface area contributed by atoms with Crippen molar-refractivity contribution in [2.24, 2.45) is 0 Å². The lowest BCUT2D eigenvalue weighted by Gasteiger charge is -2.42. The van der Waals surface area contributed by atoms with Gasteiger partial charge in [0.15, 0.2) is 0 Å². The Morgan fingerprint density at radius 1 is 1.21 bits per heavy atom. The van der Waals surface area contributed by atoms with Gasteiger partial charge in [-0.05, 0) is 45.8 Å².